The Labute approximate surface area is 71.3 Å². The van der Waals surface area contributed by atoms with E-state index < -0.39 is 0 Å². The van der Waals surface area contributed by atoms with E-state index in [1.54, 1.807) is 63.6 Å². The van der Waals surface area contributed by atoms with E-state index in [-0.39, 0.29) is 0 Å². The SMILES string of the molecule is N1SSNSSSS1. The Bertz CT molecular complexity index is 30.5. The maximum Gasteiger partial charge on any atom is 0.0176 e. The van der Waals surface area contributed by atoms with E-state index in [9.17, 15) is 0 Å². The summed E-state index contributed by atoms with van der Waals surface area (Å²) >= 11 is 0. The average molecular weight is 222 g/mol. The zero-order chi connectivity index (χ0) is 5.66. The van der Waals surface area contributed by atoms with Crippen LogP contribution in [0.15, 0.2) is 0 Å². The number of hydrogen-bond donors (Lipinski definition) is 2. The largest absolute Gasteiger partial charge is 0.187 e. The van der Waals surface area contributed by atoms with E-state index in [1.807, 2.05) is 0 Å². The van der Waals surface area contributed by atoms with Crippen LogP contribution in [0.5, 0.6) is 0 Å². The van der Waals surface area contributed by atoms with Crippen LogP contribution in [0.3, 0.4) is 0 Å². The highest BCUT2D eigenvalue weighted by Crippen LogP contribution is 2.44. The predicted molar refractivity (Wildman–Crippen MR) is 51.8 cm³/mol. The Kier molecular flexibility index (Phi) is 5.87. The average Bonchev–Trinajstić information content (AvgIpc) is 1.62. The van der Waals surface area contributed by atoms with Crippen LogP contribution in [0, 0.1) is 0 Å². The van der Waals surface area contributed by atoms with E-state index in [0.29, 0.717) is 0 Å². The van der Waals surface area contributed by atoms with E-state index in [0.717, 1.165) is 0 Å². The molecule has 0 unspecified atom stereocenters. The Balaban J connectivity index is 2.00. The Morgan fingerprint density at radius 2 is 1.12 bits per heavy atom. The first-order valence-corrected chi connectivity index (χ1v) is 8.45. The molecule has 8 heavy (non-hydrogen) atoms. The van der Waals surface area contributed by atoms with Crippen molar-refractivity contribution in [3.05, 3.63) is 0 Å². The van der Waals surface area contributed by atoms with Gasteiger partial charge in [-0.25, -0.2) is 0 Å². The lowest BCUT2D eigenvalue weighted by Gasteiger charge is -2.04. The predicted octanol–water partition coefficient (Wildman–Crippen LogP) is 2.90. The molecule has 0 aromatic heterocycles. The van der Waals surface area contributed by atoms with Crippen LogP contribution in [0.25, 0.3) is 0 Å². The van der Waals surface area contributed by atoms with Gasteiger partial charge >= 0.3 is 0 Å². The molecule has 0 amide bonds. The normalized spacial score (nSPS) is 24.0. The highest BCUT2D eigenvalue weighted by Gasteiger charge is 1.97. The smallest absolute Gasteiger partial charge is 0.0176 e. The van der Waals surface area contributed by atoms with Gasteiger partial charge in [0.05, 0.1) is 0 Å². The van der Waals surface area contributed by atoms with Gasteiger partial charge in [0.25, 0.3) is 0 Å². The van der Waals surface area contributed by atoms with Gasteiger partial charge in [-0.2, -0.15) is 8.25 Å². The maximum absolute atomic E-state index is 3.05. The molecule has 0 bridgehead atoms. The fourth-order valence-corrected chi connectivity index (χ4v) is 7.67. The minimum Gasteiger partial charge on any atom is -0.187 e. The summed E-state index contributed by atoms with van der Waals surface area (Å²) in [6.45, 7) is 0. The molecule has 0 spiro atoms. The third kappa shape index (κ3) is 3.94. The van der Waals surface area contributed by atoms with Crippen molar-refractivity contribution in [3.8, 4) is 0 Å². The second-order valence-electron chi connectivity index (χ2n) is 0.636. The van der Waals surface area contributed by atoms with E-state index in [2.05, 4.69) is 8.25 Å². The van der Waals surface area contributed by atoms with Crippen molar-refractivity contribution in [2.24, 2.45) is 0 Å². The molecule has 1 aliphatic rings. The summed E-state index contributed by atoms with van der Waals surface area (Å²) in [5, 5.41) is 0. The molecular formula is H2N2S6. The summed E-state index contributed by atoms with van der Waals surface area (Å²) in [5.74, 6) is 0. The van der Waals surface area contributed by atoms with Crippen molar-refractivity contribution in [3.63, 3.8) is 0 Å². The molecule has 1 saturated heterocycles. The molecule has 1 heterocycles. The molecule has 0 aliphatic carbocycles. The first kappa shape index (κ1) is 8.12. The molecule has 0 radical (unpaired) electrons. The third-order valence-electron chi connectivity index (χ3n) is 0.274. The molecule has 1 aliphatic heterocycles. The summed E-state index contributed by atoms with van der Waals surface area (Å²) in [7, 11) is 9.90. The van der Waals surface area contributed by atoms with Gasteiger partial charge in [0.15, 0.2) is 0 Å². The van der Waals surface area contributed by atoms with Gasteiger partial charge in [-0.05, 0) is 0 Å². The van der Waals surface area contributed by atoms with Crippen molar-refractivity contribution in [2.45, 2.75) is 0 Å². The summed E-state index contributed by atoms with van der Waals surface area (Å²) in [4.78, 5) is 0. The van der Waals surface area contributed by atoms with Gasteiger partial charge in [0.2, 0.25) is 0 Å². The summed E-state index contributed by atoms with van der Waals surface area (Å²) in [6.07, 6.45) is 0. The number of rotatable bonds is 0. The highest BCUT2D eigenvalue weighted by molar-refractivity contribution is 9.26. The molecule has 48 valence electrons. The lowest BCUT2D eigenvalue weighted by atomic mass is 13.9. The van der Waals surface area contributed by atoms with Crippen LogP contribution in [0.1, 0.15) is 0 Å². The van der Waals surface area contributed by atoms with E-state index in [1.165, 1.54) is 0 Å². The Morgan fingerprint density at radius 1 is 0.625 bits per heavy atom. The molecule has 2 N–H and O–H groups in total. The van der Waals surface area contributed by atoms with E-state index >= 15 is 0 Å². The lowest BCUT2D eigenvalue weighted by molar-refractivity contribution is 1.79. The van der Waals surface area contributed by atoms with Crippen LogP contribution in [-0.4, -0.2) is 0 Å². The molecule has 1 fully saturated rings. The zero-order valence-electron chi connectivity index (χ0n) is 3.45. The van der Waals surface area contributed by atoms with E-state index in [4.69, 9.17) is 0 Å². The fraction of sp³-hybridized carbons (Fsp3) is 0. The Morgan fingerprint density at radius 3 is 1.62 bits per heavy atom. The molecule has 0 aromatic carbocycles. The quantitative estimate of drug-likeness (QED) is 0.477. The van der Waals surface area contributed by atoms with Crippen LogP contribution >= 0.6 is 63.6 Å². The molecule has 0 atom stereocenters. The molecular weight excluding hydrogens is 220 g/mol. The van der Waals surface area contributed by atoms with Crippen LogP contribution in [0.4, 0.5) is 0 Å². The first-order valence-electron chi connectivity index (χ1n) is 1.48. The molecule has 8 heteroatoms. The van der Waals surface area contributed by atoms with Gasteiger partial charge in [-0.3, -0.25) is 0 Å². The summed E-state index contributed by atoms with van der Waals surface area (Å²) < 4.78 is 6.10. The minimum absolute atomic E-state index is 1.59. The first-order chi connectivity index (χ1) is 4.00. The standard InChI is InChI=1S/H2N2S6/c1-3-4-2-6-8-7-5-1/h1-2H. The van der Waals surface area contributed by atoms with Gasteiger partial charge in [-0.1, -0.05) is 0 Å². The van der Waals surface area contributed by atoms with Crippen molar-refractivity contribution in [1.29, 1.82) is 0 Å². The highest BCUT2D eigenvalue weighted by atomic mass is 33.7. The van der Waals surface area contributed by atoms with Crippen LogP contribution in [0.2, 0.25) is 0 Å². The molecule has 0 aromatic rings. The second-order valence-corrected chi connectivity index (χ2v) is 8.17. The molecule has 0 saturated carbocycles. The maximum atomic E-state index is 3.05. The summed E-state index contributed by atoms with van der Waals surface area (Å²) in [5.41, 5.74) is 0. The van der Waals surface area contributed by atoms with Crippen molar-refractivity contribution < 1.29 is 0 Å². The van der Waals surface area contributed by atoms with Gasteiger partial charge in [-0.15, -0.1) is 0 Å². The van der Waals surface area contributed by atoms with Gasteiger partial charge < -0.3 is 0 Å². The van der Waals surface area contributed by atoms with Crippen molar-refractivity contribution in [1.82, 2.24) is 8.25 Å². The van der Waals surface area contributed by atoms with Crippen LogP contribution in [-0.2, 0) is 0 Å². The summed E-state index contributed by atoms with van der Waals surface area (Å²) in [6, 6.07) is 0. The Hall–Kier alpha value is 2.02. The zero-order valence-corrected chi connectivity index (χ0v) is 8.35. The minimum atomic E-state index is 1.59. The topological polar surface area (TPSA) is 24.1 Å². The number of hydrogen-bond acceptors (Lipinski definition) is 8. The van der Waals surface area contributed by atoms with Crippen molar-refractivity contribution in [2.75, 3.05) is 0 Å². The van der Waals surface area contributed by atoms with Crippen LogP contribution < -0.4 is 8.25 Å². The molecule has 1 rings (SSSR count). The fourth-order valence-electron chi connectivity index (χ4n) is 0.117. The monoisotopic (exact) mass is 222 g/mol. The lowest BCUT2D eigenvalue weighted by Crippen LogP contribution is -1.89. The van der Waals surface area contributed by atoms with Gasteiger partial charge in [0, 0.05) is 63.6 Å². The number of nitrogens with one attached hydrogen (secondary N) is 2. The van der Waals surface area contributed by atoms with Gasteiger partial charge in [0.1, 0.15) is 0 Å². The van der Waals surface area contributed by atoms with Crippen molar-refractivity contribution >= 4 is 63.6 Å². The second kappa shape index (κ2) is 5.78. The third-order valence-corrected chi connectivity index (χ3v) is 8.14. The molecule has 2 nitrogen and oxygen atoms in total.